The van der Waals surface area contributed by atoms with Crippen molar-refractivity contribution in [3.8, 4) is 6.07 Å². The Bertz CT molecular complexity index is 1170. The van der Waals surface area contributed by atoms with E-state index in [1.165, 1.54) is 18.3 Å². The van der Waals surface area contributed by atoms with Gasteiger partial charge < -0.3 is 15.5 Å². The molecular weight excluding hydrogens is 449 g/mol. The number of hydrogen-bond donors (Lipinski definition) is 2. The van der Waals surface area contributed by atoms with Crippen molar-refractivity contribution in [3.63, 3.8) is 0 Å². The third-order valence-electron chi connectivity index (χ3n) is 4.18. The monoisotopic (exact) mass is 467 g/mol. The number of carbonyl (C=O) groups is 1. The molecule has 0 fully saturated rings. The highest BCUT2D eigenvalue weighted by atomic mass is 79.9. The zero-order valence-electron chi connectivity index (χ0n) is 16.4. The van der Waals surface area contributed by atoms with Crippen molar-refractivity contribution < 1.29 is 9.18 Å². The highest BCUT2D eigenvalue weighted by Crippen LogP contribution is 2.32. The van der Waals surface area contributed by atoms with Crippen LogP contribution in [0.2, 0.25) is 0 Å². The highest BCUT2D eigenvalue weighted by Gasteiger charge is 2.12. The lowest BCUT2D eigenvalue weighted by atomic mass is 10.1. The van der Waals surface area contributed by atoms with E-state index in [9.17, 15) is 14.4 Å². The summed E-state index contributed by atoms with van der Waals surface area (Å²) >= 11 is 3.16. The molecule has 3 aromatic rings. The fourth-order valence-electron chi connectivity index (χ4n) is 2.76. The number of likely N-dealkylation sites (N-methyl/N-ethyl adjacent to an activating group) is 1. The van der Waals surface area contributed by atoms with Crippen molar-refractivity contribution in [2.45, 2.75) is 0 Å². The van der Waals surface area contributed by atoms with E-state index in [4.69, 9.17) is 0 Å². The van der Waals surface area contributed by atoms with Crippen molar-refractivity contribution in [3.05, 3.63) is 70.6 Å². The van der Waals surface area contributed by atoms with E-state index in [0.29, 0.717) is 44.5 Å². The lowest BCUT2D eigenvalue weighted by Crippen LogP contribution is -2.12. The van der Waals surface area contributed by atoms with Crippen molar-refractivity contribution in [2.75, 3.05) is 31.3 Å². The molecule has 0 bridgehead atoms. The Morgan fingerprint density at radius 2 is 2.03 bits per heavy atom. The SMILES string of the molecule is CN(C)CC=CC(=O)Nc1ccc2ncc(C#N)c(Nc3ccc(F)c(Br)c3)c2c1. The maximum atomic E-state index is 13.6. The molecule has 2 aromatic carbocycles. The minimum atomic E-state index is -0.382. The number of nitrogens with zero attached hydrogens (tertiary/aromatic N) is 3. The number of benzene rings is 2. The average Bonchev–Trinajstić information content (AvgIpc) is 2.70. The van der Waals surface area contributed by atoms with Gasteiger partial charge in [0, 0.05) is 35.6 Å². The maximum Gasteiger partial charge on any atom is 0.248 e. The number of fused-ring (bicyclic) bond motifs is 1. The van der Waals surface area contributed by atoms with Gasteiger partial charge in [0.05, 0.1) is 21.2 Å². The molecule has 0 aliphatic heterocycles. The molecule has 6 nitrogen and oxygen atoms in total. The van der Waals surface area contributed by atoms with E-state index in [-0.39, 0.29) is 11.7 Å². The summed E-state index contributed by atoms with van der Waals surface area (Å²) in [5.41, 5.74) is 2.69. The summed E-state index contributed by atoms with van der Waals surface area (Å²) in [6, 6.07) is 11.9. The molecular formula is C22H19BrFN5O. The smallest absolute Gasteiger partial charge is 0.248 e. The van der Waals surface area contributed by atoms with Crippen molar-refractivity contribution in [1.29, 1.82) is 5.26 Å². The number of nitriles is 1. The Hall–Kier alpha value is -3.28. The molecule has 1 amide bonds. The Labute approximate surface area is 182 Å². The first-order valence-corrected chi connectivity index (χ1v) is 9.84. The van der Waals surface area contributed by atoms with Crippen molar-refractivity contribution in [1.82, 2.24) is 9.88 Å². The van der Waals surface area contributed by atoms with Gasteiger partial charge in [-0.05, 0) is 66.4 Å². The maximum absolute atomic E-state index is 13.6. The number of aromatic nitrogens is 1. The molecule has 0 radical (unpaired) electrons. The number of amides is 1. The van der Waals surface area contributed by atoms with Gasteiger partial charge in [0.1, 0.15) is 11.9 Å². The van der Waals surface area contributed by atoms with Crippen LogP contribution in [-0.4, -0.2) is 36.4 Å². The Morgan fingerprint density at radius 3 is 2.73 bits per heavy atom. The number of carbonyl (C=O) groups excluding carboxylic acids is 1. The largest absolute Gasteiger partial charge is 0.354 e. The summed E-state index contributed by atoms with van der Waals surface area (Å²) in [4.78, 5) is 18.4. The Balaban J connectivity index is 1.95. The lowest BCUT2D eigenvalue weighted by Gasteiger charge is -2.13. The Kier molecular flexibility index (Phi) is 6.77. The van der Waals surface area contributed by atoms with Crippen LogP contribution in [0.5, 0.6) is 0 Å². The first-order valence-electron chi connectivity index (χ1n) is 9.04. The van der Waals surface area contributed by atoms with Gasteiger partial charge in [0.25, 0.3) is 0 Å². The summed E-state index contributed by atoms with van der Waals surface area (Å²) in [6.07, 6.45) is 4.72. The van der Waals surface area contributed by atoms with Crippen molar-refractivity contribution in [2.24, 2.45) is 0 Å². The average molecular weight is 468 g/mol. The summed E-state index contributed by atoms with van der Waals surface area (Å²) in [6.45, 7) is 0.655. The molecule has 152 valence electrons. The van der Waals surface area contributed by atoms with Crippen LogP contribution < -0.4 is 10.6 Å². The zero-order chi connectivity index (χ0) is 21.7. The molecule has 0 saturated heterocycles. The first-order chi connectivity index (χ1) is 14.4. The minimum Gasteiger partial charge on any atom is -0.354 e. The van der Waals surface area contributed by atoms with Crippen LogP contribution in [0.4, 0.5) is 21.5 Å². The number of nitrogens with one attached hydrogen (secondary N) is 2. The number of rotatable bonds is 6. The fraction of sp³-hybridized carbons (Fsp3) is 0.136. The predicted molar refractivity (Wildman–Crippen MR) is 120 cm³/mol. The van der Waals surface area contributed by atoms with Crippen LogP contribution >= 0.6 is 15.9 Å². The van der Waals surface area contributed by atoms with Crippen LogP contribution in [0.25, 0.3) is 10.9 Å². The van der Waals surface area contributed by atoms with E-state index in [1.54, 1.807) is 36.4 Å². The summed E-state index contributed by atoms with van der Waals surface area (Å²) < 4.78 is 13.9. The van der Waals surface area contributed by atoms with E-state index >= 15 is 0 Å². The molecule has 8 heteroatoms. The molecule has 30 heavy (non-hydrogen) atoms. The van der Waals surface area contributed by atoms with Gasteiger partial charge in [-0.3, -0.25) is 9.78 Å². The molecule has 3 rings (SSSR count). The molecule has 1 aromatic heterocycles. The van der Waals surface area contributed by atoms with Crippen molar-refractivity contribution >= 4 is 49.8 Å². The summed E-state index contributed by atoms with van der Waals surface area (Å²) in [7, 11) is 3.83. The second-order valence-corrected chi connectivity index (χ2v) is 7.65. The van der Waals surface area contributed by atoms with Gasteiger partial charge in [-0.15, -0.1) is 0 Å². The number of hydrogen-bond acceptors (Lipinski definition) is 5. The molecule has 0 unspecified atom stereocenters. The van der Waals surface area contributed by atoms with Crippen LogP contribution in [-0.2, 0) is 4.79 Å². The fourth-order valence-corrected chi connectivity index (χ4v) is 3.14. The van der Waals surface area contributed by atoms with Gasteiger partial charge in [0.2, 0.25) is 5.91 Å². The van der Waals surface area contributed by atoms with Gasteiger partial charge >= 0.3 is 0 Å². The zero-order valence-corrected chi connectivity index (χ0v) is 18.0. The normalized spacial score (nSPS) is 11.1. The lowest BCUT2D eigenvalue weighted by molar-refractivity contribution is -0.111. The van der Waals surface area contributed by atoms with E-state index in [1.807, 2.05) is 19.0 Å². The summed E-state index contributed by atoms with van der Waals surface area (Å²) in [5.74, 6) is -0.634. The molecule has 0 spiro atoms. The quantitative estimate of drug-likeness (QED) is 0.508. The van der Waals surface area contributed by atoms with E-state index in [2.05, 4.69) is 37.6 Å². The molecule has 2 N–H and O–H groups in total. The minimum absolute atomic E-state index is 0.252. The first kappa shape index (κ1) is 21.4. The number of halogens is 2. The standard InChI is InChI=1S/C22H19BrFN5O/c1-29(2)9-3-4-21(30)27-15-6-8-20-17(10-15)22(14(12-25)13-26-20)28-16-5-7-19(24)18(23)11-16/h3-8,10-11,13H,9H2,1-2H3,(H,26,28)(H,27,30). The molecule has 0 saturated carbocycles. The van der Waals surface area contributed by atoms with Crippen LogP contribution in [0.1, 0.15) is 5.56 Å². The van der Waals surface area contributed by atoms with E-state index in [0.717, 1.165) is 0 Å². The van der Waals surface area contributed by atoms with Gasteiger partial charge in [0.15, 0.2) is 0 Å². The van der Waals surface area contributed by atoms with Gasteiger partial charge in [-0.25, -0.2) is 4.39 Å². The molecule has 0 atom stereocenters. The molecule has 0 aliphatic rings. The van der Waals surface area contributed by atoms with Crippen LogP contribution in [0.15, 0.2) is 59.2 Å². The van der Waals surface area contributed by atoms with Gasteiger partial charge in [-0.2, -0.15) is 5.26 Å². The number of anilines is 3. The van der Waals surface area contributed by atoms with Crippen LogP contribution in [0.3, 0.4) is 0 Å². The second kappa shape index (κ2) is 9.48. The second-order valence-electron chi connectivity index (χ2n) is 6.80. The number of pyridine rings is 1. The molecule has 1 heterocycles. The van der Waals surface area contributed by atoms with E-state index < -0.39 is 0 Å². The predicted octanol–water partition coefficient (Wildman–Crippen LogP) is 4.81. The Morgan fingerprint density at radius 1 is 1.27 bits per heavy atom. The topological polar surface area (TPSA) is 81.1 Å². The van der Waals surface area contributed by atoms with Gasteiger partial charge in [-0.1, -0.05) is 6.08 Å². The third kappa shape index (κ3) is 5.20. The third-order valence-corrected chi connectivity index (χ3v) is 4.79. The van der Waals surface area contributed by atoms with Crippen LogP contribution in [0, 0.1) is 17.1 Å². The summed E-state index contributed by atoms with van der Waals surface area (Å²) in [5, 5.41) is 16.2. The molecule has 0 aliphatic carbocycles. The highest BCUT2D eigenvalue weighted by molar-refractivity contribution is 9.10.